The molecule has 0 saturated carbocycles. The second-order valence-electron chi connectivity index (χ2n) is 9.83. The van der Waals surface area contributed by atoms with Crippen molar-refractivity contribution in [2.75, 3.05) is 43.4 Å². The van der Waals surface area contributed by atoms with E-state index in [2.05, 4.69) is 65.3 Å². The fourth-order valence-electron chi connectivity index (χ4n) is 5.10. The Morgan fingerprint density at radius 2 is 1.79 bits per heavy atom. The molecule has 1 fully saturated rings. The van der Waals surface area contributed by atoms with E-state index in [0.717, 1.165) is 60.8 Å². The quantitative estimate of drug-likeness (QED) is 0.642. The lowest BCUT2D eigenvalue weighted by Crippen LogP contribution is -2.44. The molecule has 0 unspecified atom stereocenters. The molecule has 172 valence electrons. The molecule has 3 aromatic rings. The van der Waals surface area contributed by atoms with Crippen molar-refractivity contribution in [1.82, 2.24) is 19.4 Å². The van der Waals surface area contributed by atoms with Crippen LogP contribution in [0.4, 0.5) is 17.3 Å². The number of nitrogens with two attached hydrogens (primary N) is 1. The van der Waals surface area contributed by atoms with Crippen LogP contribution < -0.4 is 16.0 Å². The number of amides is 1. The number of aryl methyl sites for hydroxylation is 1. The smallest absolute Gasteiger partial charge is 0.250 e. The molecule has 8 nitrogen and oxygen atoms in total. The average molecular weight is 446 g/mol. The zero-order valence-electron chi connectivity index (χ0n) is 19.7. The van der Waals surface area contributed by atoms with E-state index in [0.29, 0.717) is 11.5 Å². The van der Waals surface area contributed by atoms with Crippen LogP contribution in [0.15, 0.2) is 36.7 Å². The molecule has 3 heterocycles. The van der Waals surface area contributed by atoms with E-state index in [1.807, 2.05) is 24.0 Å². The largest absolute Gasteiger partial charge is 0.369 e. The summed E-state index contributed by atoms with van der Waals surface area (Å²) < 4.78 is 1.96. The lowest BCUT2D eigenvalue weighted by atomic mass is 9.73. The summed E-state index contributed by atoms with van der Waals surface area (Å²) in [5, 5.41) is 3.34. The van der Waals surface area contributed by atoms with Crippen LogP contribution in [-0.2, 0) is 18.9 Å². The SMILES string of the molecule is CN1CCN(c2ccc(Nc3ncc4c(n3)-c3c(c(C(N)=O)cn3C)C(C)(C)C4)cc2)CC1. The van der Waals surface area contributed by atoms with Crippen molar-refractivity contribution in [2.24, 2.45) is 12.8 Å². The van der Waals surface area contributed by atoms with E-state index < -0.39 is 5.91 Å². The molecule has 2 aromatic heterocycles. The summed E-state index contributed by atoms with van der Waals surface area (Å²) in [7, 11) is 4.10. The number of piperazine rings is 1. The summed E-state index contributed by atoms with van der Waals surface area (Å²) in [6, 6.07) is 8.42. The summed E-state index contributed by atoms with van der Waals surface area (Å²) in [4.78, 5) is 26.3. The molecule has 1 aromatic carbocycles. The molecule has 2 aliphatic rings. The zero-order chi connectivity index (χ0) is 23.3. The van der Waals surface area contributed by atoms with Crippen LogP contribution in [0.25, 0.3) is 11.4 Å². The second-order valence-corrected chi connectivity index (χ2v) is 9.83. The highest BCUT2D eigenvalue weighted by Crippen LogP contribution is 2.44. The van der Waals surface area contributed by atoms with Crippen LogP contribution in [0.2, 0.25) is 0 Å². The number of nitrogens with zero attached hydrogens (tertiary/aromatic N) is 5. The predicted molar refractivity (Wildman–Crippen MR) is 131 cm³/mol. The maximum absolute atomic E-state index is 12.1. The van der Waals surface area contributed by atoms with Gasteiger partial charge in [0.15, 0.2) is 0 Å². The highest BCUT2D eigenvalue weighted by atomic mass is 16.1. The molecule has 0 bridgehead atoms. The van der Waals surface area contributed by atoms with Gasteiger partial charge in [0.2, 0.25) is 5.95 Å². The zero-order valence-corrected chi connectivity index (χ0v) is 19.7. The van der Waals surface area contributed by atoms with E-state index in [1.165, 1.54) is 5.69 Å². The number of aromatic nitrogens is 3. The molecule has 1 aliphatic heterocycles. The average Bonchev–Trinajstić information content (AvgIpc) is 3.14. The Labute approximate surface area is 194 Å². The van der Waals surface area contributed by atoms with Crippen LogP contribution in [0.3, 0.4) is 0 Å². The van der Waals surface area contributed by atoms with Gasteiger partial charge in [0.25, 0.3) is 5.91 Å². The molecule has 33 heavy (non-hydrogen) atoms. The first-order chi connectivity index (χ1) is 15.7. The van der Waals surface area contributed by atoms with Crippen molar-refractivity contribution in [3.63, 3.8) is 0 Å². The van der Waals surface area contributed by atoms with Crippen molar-refractivity contribution >= 4 is 23.2 Å². The van der Waals surface area contributed by atoms with Gasteiger partial charge in [-0.2, -0.15) is 0 Å². The number of anilines is 3. The second kappa shape index (κ2) is 7.88. The maximum Gasteiger partial charge on any atom is 0.250 e. The molecular weight excluding hydrogens is 414 g/mol. The van der Waals surface area contributed by atoms with E-state index in [4.69, 9.17) is 10.7 Å². The van der Waals surface area contributed by atoms with Gasteiger partial charge in [-0.05, 0) is 54.3 Å². The minimum absolute atomic E-state index is 0.231. The van der Waals surface area contributed by atoms with Crippen LogP contribution >= 0.6 is 0 Å². The first-order valence-electron chi connectivity index (χ1n) is 11.4. The van der Waals surface area contributed by atoms with Crippen LogP contribution in [0, 0.1) is 0 Å². The Kier molecular flexibility index (Phi) is 5.12. The molecule has 0 atom stereocenters. The summed E-state index contributed by atoms with van der Waals surface area (Å²) in [5.74, 6) is 0.129. The minimum atomic E-state index is -0.406. The fraction of sp³-hybridized carbons (Fsp3) is 0.400. The number of nitrogens with one attached hydrogen (secondary N) is 1. The summed E-state index contributed by atoms with van der Waals surface area (Å²) in [5.41, 5.74) is 12.0. The number of primary amides is 1. The number of hydrogen-bond donors (Lipinski definition) is 2. The lowest BCUT2D eigenvalue weighted by Gasteiger charge is -2.34. The van der Waals surface area contributed by atoms with Gasteiger partial charge in [-0.1, -0.05) is 13.8 Å². The Morgan fingerprint density at radius 3 is 2.45 bits per heavy atom. The van der Waals surface area contributed by atoms with Gasteiger partial charge in [0.1, 0.15) is 0 Å². The van der Waals surface area contributed by atoms with E-state index in [1.54, 1.807) is 0 Å². The van der Waals surface area contributed by atoms with Gasteiger partial charge in [-0.25, -0.2) is 9.97 Å². The van der Waals surface area contributed by atoms with E-state index in [9.17, 15) is 4.79 Å². The highest BCUT2D eigenvalue weighted by molar-refractivity contribution is 5.97. The Bertz CT molecular complexity index is 1200. The lowest BCUT2D eigenvalue weighted by molar-refractivity contribution is 0.0998. The van der Waals surface area contributed by atoms with Crippen molar-refractivity contribution in [2.45, 2.75) is 25.7 Å². The number of benzene rings is 1. The molecule has 1 aliphatic carbocycles. The van der Waals surface area contributed by atoms with E-state index in [-0.39, 0.29) is 5.41 Å². The molecule has 1 saturated heterocycles. The molecule has 0 radical (unpaired) electrons. The van der Waals surface area contributed by atoms with Crippen molar-refractivity contribution in [3.8, 4) is 11.4 Å². The number of carbonyl (C=O) groups excluding carboxylic acids is 1. The monoisotopic (exact) mass is 445 g/mol. The fourth-order valence-corrected chi connectivity index (χ4v) is 5.10. The van der Waals surface area contributed by atoms with Gasteiger partial charge in [0, 0.05) is 57.0 Å². The molecule has 0 spiro atoms. The number of carbonyl (C=O) groups is 1. The standard InChI is InChI=1S/C25H31N7O/c1-25(2)13-16-14-27-24(29-21(16)22-20(25)19(23(26)33)15-31(22)4)28-17-5-7-18(8-6-17)32-11-9-30(3)10-12-32/h5-8,14-15H,9-13H2,1-4H3,(H2,26,33)(H,27,28,29). The van der Waals surface area contributed by atoms with Crippen molar-refractivity contribution in [3.05, 3.63) is 53.3 Å². The molecule has 1 amide bonds. The minimum Gasteiger partial charge on any atom is -0.369 e. The number of likely N-dealkylation sites (N-methyl/N-ethyl adjacent to an activating group) is 1. The van der Waals surface area contributed by atoms with Gasteiger partial charge in [-0.3, -0.25) is 4.79 Å². The molecule has 3 N–H and O–H groups in total. The van der Waals surface area contributed by atoms with Gasteiger partial charge < -0.3 is 25.4 Å². The van der Waals surface area contributed by atoms with Crippen LogP contribution in [0.1, 0.15) is 35.3 Å². The predicted octanol–water partition coefficient (Wildman–Crippen LogP) is 2.91. The first-order valence-corrected chi connectivity index (χ1v) is 11.4. The van der Waals surface area contributed by atoms with Crippen molar-refractivity contribution in [1.29, 1.82) is 0 Å². The Hall–Kier alpha value is -3.39. The number of rotatable bonds is 4. The third-order valence-electron chi connectivity index (χ3n) is 6.84. The third kappa shape index (κ3) is 3.84. The van der Waals surface area contributed by atoms with Crippen molar-refractivity contribution < 1.29 is 4.79 Å². The van der Waals surface area contributed by atoms with E-state index >= 15 is 0 Å². The maximum atomic E-state index is 12.1. The Morgan fingerprint density at radius 1 is 1.09 bits per heavy atom. The first kappa shape index (κ1) is 21.5. The van der Waals surface area contributed by atoms with Gasteiger partial charge >= 0.3 is 0 Å². The molecule has 8 heteroatoms. The van der Waals surface area contributed by atoms with Gasteiger partial charge in [0.05, 0.1) is 17.0 Å². The summed E-state index contributed by atoms with van der Waals surface area (Å²) in [6.07, 6.45) is 4.46. The number of fused-ring (bicyclic) bond motifs is 3. The van der Waals surface area contributed by atoms with Crippen LogP contribution in [-0.4, -0.2) is 58.6 Å². The summed E-state index contributed by atoms with van der Waals surface area (Å²) >= 11 is 0. The topological polar surface area (TPSA) is 92.3 Å². The van der Waals surface area contributed by atoms with Gasteiger partial charge in [-0.15, -0.1) is 0 Å². The highest BCUT2D eigenvalue weighted by Gasteiger charge is 2.38. The summed E-state index contributed by atoms with van der Waals surface area (Å²) in [6.45, 7) is 8.51. The normalized spacial score (nSPS) is 17.4. The molecular formula is C25H31N7O. The Balaban J connectivity index is 1.43. The number of hydrogen-bond acceptors (Lipinski definition) is 6. The third-order valence-corrected chi connectivity index (χ3v) is 6.84. The van der Waals surface area contributed by atoms with Crippen LogP contribution in [0.5, 0.6) is 0 Å². The molecule has 5 rings (SSSR count).